The maximum absolute atomic E-state index is 10.2. The largest absolute Gasteiger partial charge is 0.501 e. The van der Waals surface area contributed by atoms with E-state index in [-0.39, 0.29) is 25.8 Å². The molecule has 0 spiro atoms. The first-order valence-electron chi connectivity index (χ1n) is 12.5. The highest BCUT2D eigenvalue weighted by molar-refractivity contribution is 5.49. The molecular weight excluding hydrogens is 440 g/mol. The van der Waals surface area contributed by atoms with E-state index in [0.29, 0.717) is 6.42 Å². The third-order valence-corrected chi connectivity index (χ3v) is 5.24. The van der Waals surface area contributed by atoms with Gasteiger partial charge in [0.2, 0.25) is 0 Å². The van der Waals surface area contributed by atoms with Crippen LogP contribution in [-0.2, 0) is 14.3 Å². The van der Waals surface area contributed by atoms with E-state index in [4.69, 9.17) is 9.47 Å². The van der Waals surface area contributed by atoms with Gasteiger partial charge in [-0.15, -0.1) is 0 Å². The Balaban J connectivity index is -0.000000210. The molecule has 1 aliphatic rings. The SMILES string of the molecule is C.CC(CC=O)OCCC1CCCCC1.CCNNC/C(=C/OCC)CC.N.N.c1ccccc1. The highest BCUT2D eigenvalue weighted by Gasteiger charge is 2.13. The van der Waals surface area contributed by atoms with E-state index in [1.807, 2.05) is 56.5 Å². The molecule has 0 aliphatic heterocycles. The fraction of sp³-hybridized carbons (Fsp3) is 0.679. The van der Waals surface area contributed by atoms with E-state index in [2.05, 4.69) is 24.7 Å². The minimum atomic E-state index is 0. The van der Waals surface area contributed by atoms with Gasteiger partial charge in [0.1, 0.15) is 6.29 Å². The minimum Gasteiger partial charge on any atom is -0.501 e. The summed E-state index contributed by atoms with van der Waals surface area (Å²) < 4.78 is 10.7. The lowest BCUT2D eigenvalue weighted by atomic mass is 9.87. The summed E-state index contributed by atoms with van der Waals surface area (Å²) in [6, 6.07) is 12.0. The molecule has 208 valence electrons. The average Bonchev–Trinajstić information content (AvgIpc) is 2.84. The Morgan fingerprint density at radius 3 is 2.00 bits per heavy atom. The van der Waals surface area contributed by atoms with Gasteiger partial charge >= 0.3 is 0 Å². The van der Waals surface area contributed by atoms with Crippen molar-refractivity contribution in [1.82, 2.24) is 23.2 Å². The molecule has 0 bridgehead atoms. The van der Waals surface area contributed by atoms with Gasteiger partial charge in [-0.1, -0.05) is 89.8 Å². The number of rotatable bonds is 13. The topological polar surface area (TPSA) is 130 Å². The van der Waals surface area contributed by atoms with Crippen LogP contribution in [0.15, 0.2) is 48.2 Å². The molecule has 1 atom stereocenters. The summed E-state index contributed by atoms with van der Waals surface area (Å²) in [7, 11) is 0. The Morgan fingerprint density at radius 1 is 0.971 bits per heavy atom. The van der Waals surface area contributed by atoms with Gasteiger partial charge < -0.3 is 26.6 Å². The molecular formula is C28H58N4O3. The minimum absolute atomic E-state index is 0. The molecule has 1 fully saturated rings. The van der Waals surface area contributed by atoms with Gasteiger partial charge in [-0.05, 0) is 38.2 Å². The van der Waals surface area contributed by atoms with Crippen molar-refractivity contribution in [1.29, 1.82) is 0 Å². The van der Waals surface area contributed by atoms with Gasteiger partial charge in [0.05, 0.1) is 19.0 Å². The summed E-state index contributed by atoms with van der Waals surface area (Å²) in [6.07, 6.45) is 12.6. The maximum Gasteiger partial charge on any atom is 0.122 e. The van der Waals surface area contributed by atoms with Crippen LogP contribution >= 0.6 is 0 Å². The third-order valence-electron chi connectivity index (χ3n) is 5.24. The quantitative estimate of drug-likeness (QED) is 0.0993. The third kappa shape index (κ3) is 28.4. The smallest absolute Gasteiger partial charge is 0.122 e. The first-order chi connectivity index (χ1) is 15.7. The van der Waals surface area contributed by atoms with Gasteiger partial charge in [-0.2, -0.15) is 0 Å². The van der Waals surface area contributed by atoms with Crippen LogP contribution in [0.1, 0.15) is 86.5 Å². The van der Waals surface area contributed by atoms with Gasteiger partial charge in [0.15, 0.2) is 0 Å². The monoisotopic (exact) mass is 498 g/mol. The Morgan fingerprint density at radius 2 is 1.54 bits per heavy atom. The van der Waals surface area contributed by atoms with Crippen LogP contribution in [0, 0.1) is 5.92 Å². The van der Waals surface area contributed by atoms with E-state index in [1.54, 1.807) is 0 Å². The number of carbonyl (C=O) groups excluding carboxylic acids is 1. The second-order valence-corrected chi connectivity index (χ2v) is 8.00. The van der Waals surface area contributed by atoms with Crippen molar-refractivity contribution in [2.45, 2.75) is 92.6 Å². The van der Waals surface area contributed by atoms with Crippen LogP contribution in [0.3, 0.4) is 0 Å². The van der Waals surface area contributed by atoms with E-state index < -0.39 is 0 Å². The molecule has 0 radical (unpaired) electrons. The second-order valence-electron chi connectivity index (χ2n) is 8.00. The number of aldehydes is 1. The first-order valence-corrected chi connectivity index (χ1v) is 12.5. The molecule has 1 saturated carbocycles. The molecule has 0 saturated heterocycles. The molecule has 0 amide bonds. The zero-order valence-corrected chi connectivity index (χ0v) is 22.4. The fourth-order valence-electron chi connectivity index (χ4n) is 3.25. The zero-order valence-electron chi connectivity index (χ0n) is 22.4. The predicted molar refractivity (Wildman–Crippen MR) is 152 cm³/mol. The Labute approximate surface area is 217 Å². The van der Waals surface area contributed by atoms with Crippen molar-refractivity contribution in [3.63, 3.8) is 0 Å². The lowest BCUT2D eigenvalue weighted by Gasteiger charge is -2.21. The summed E-state index contributed by atoms with van der Waals surface area (Å²) in [4.78, 5) is 10.2. The zero-order chi connectivity index (χ0) is 23.7. The van der Waals surface area contributed by atoms with E-state index >= 15 is 0 Å². The summed E-state index contributed by atoms with van der Waals surface area (Å²) >= 11 is 0. The molecule has 0 heterocycles. The molecule has 35 heavy (non-hydrogen) atoms. The number of carbonyl (C=O) groups is 1. The summed E-state index contributed by atoms with van der Waals surface area (Å²) in [5.74, 6) is 0.882. The van der Waals surface area contributed by atoms with Crippen LogP contribution in [0.2, 0.25) is 0 Å². The number of ether oxygens (including phenoxy) is 2. The van der Waals surface area contributed by atoms with Crippen molar-refractivity contribution >= 4 is 6.29 Å². The first kappa shape index (κ1) is 40.4. The van der Waals surface area contributed by atoms with Gasteiger partial charge in [0, 0.05) is 26.1 Å². The predicted octanol–water partition coefficient (Wildman–Crippen LogP) is 7.03. The molecule has 1 unspecified atom stereocenters. The number of hydrazine groups is 1. The highest BCUT2D eigenvalue weighted by atomic mass is 16.5. The van der Waals surface area contributed by atoms with Crippen LogP contribution in [-0.4, -0.2) is 38.7 Å². The number of benzene rings is 1. The molecule has 8 N–H and O–H groups in total. The Kier molecular flexibility index (Phi) is 37.2. The van der Waals surface area contributed by atoms with E-state index in [9.17, 15) is 4.79 Å². The van der Waals surface area contributed by atoms with Crippen molar-refractivity contribution in [3.8, 4) is 0 Å². The molecule has 0 aromatic heterocycles. The highest BCUT2D eigenvalue weighted by Crippen LogP contribution is 2.26. The number of nitrogens with one attached hydrogen (secondary N) is 2. The normalized spacial score (nSPS) is 13.7. The standard InChI is InChI=1S/C12H22O2.C9H20N2O.C6H6.CH4.2H3N/c1-11(7-9-13)14-10-8-12-5-3-2-4-6-12;1-4-9(8-12-6-3)7-11-10-5-2;1-2-4-6-5-3-1;;;/h9,11-12H,2-8,10H2,1H3;8,10-11H,4-7H2,1-3H3;1-6H;1H4;2*1H3/b;9-8+;;;;. The van der Waals surface area contributed by atoms with Crippen molar-refractivity contribution in [2.24, 2.45) is 5.92 Å². The van der Waals surface area contributed by atoms with Crippen LogP contribution in [0.5, 0.6) is 0 Å². The van der Waals surface area contributed by atoms with Crippen LogP contribution in [0.4, 0.5) is 0 Å². The number of hydrogen-bond donors (Lipinski definition) is 4. The van der Waals surface area contributed by atoms with Crippen molar-refractivity contribution in [2.75, 3.05) is 26.3 Å². The average molecular weight is 499 g/mol. The van der Waals surface area contributed by atoms with Gasteiger partial charge in [-0.3, -0.25) is 10.9 Å². The molecule has 1 aliphatic carbocycles. The summed E-state index contributed by atoms with van der Waals surface area (Å²) in [5, 5.41) is 0. The fourth-order valence-corrected chi connectivity index (χ4v) is 3.25. The van der Waals surface area contributed by atoms with Gasteiger partial charge in [-0.25, -0.2) is 0 Å². The van der Waals surface area contributed by atoms with Crippen molar-refractivity contribution in [3.05, 3.63) is 48.2 Å². The van der Waals surface area contributed by atoms with E-state index in [0.717, 1.165) is 44.9 Å². The van der Waals surface area contributed by atoms with Gasteiger partial charge in [0.25, 0.3) is 0 Å². The van der Waals surface area contributed by atoms with Crippen molar-refractivity contribution < 1.29 is 14.3 Å². The summed E-state index contributed by atoms with van der Waals surface area (Å²) in [5.41, 5.74) is 7.42. The van der Waals surface area contributed by atoms with Crippen LogP contribution < -0.4 is 23.2 Å². The summed E-state index contributed by atoms with van der Waals surface area (Å²) in [6.45, 7) is 11.5. The Hall–Kier alpha value is -1.77. The second kappa shape index (κ2) is 32.2. The lowest BCUT2D eigenvalue weighted by molar-refractivity contribution is -0.110. The Bertz CT molecular complexity index is 512. The van der Waals surface area contributed by atoms with E-state index in [1.165, 1.54) is 44.1 Å². The van der Waals surface area contributed by atoms with Crippen LogP contribution in [0.25, 0.3) is 0 Å². The molecule has 7 nitrogen and oxygen atoms in total. The lowest BCUT2D eigenvalue weighted by Crippen LogP contribution is -2.32. The molecule has 7 heteroatoms. The molecule has 2 rings (SSSR count). The molecule has 1 aromatic rings. The molecule has 1 aromatic carbocycles. The maximum atomic E-state index is 10.2. The number of hydrogen-bond acceptors (Lipinski definition) is 7.